The summed E-state index contributed by atoms with van der Waals surface area (Å²) in [5.74, 6) is 0.728. The van der Waals surface area contributed by atoms with Crippen molar-refractivity contribution in [3.63, 3.8) is 0 Å². The number of anilines is 1. The van der Waals surface area contributed by atoms with E-state index in [0.29, 0.717) is 31.4 Å². The number of rotatable bonds is 4. The van der Waals surface area contributed by atoms with E-state index in [0.717, 1.165) is 31.4 Å². The first kappa shape index (κ1) is 16.4. The number of pyridine rings is 1. The molecular weight excluding hydrogens is 299 g/mol. The van der Waals surface area contributed by atoms with Gasteiger partial charge in [0.15, 0.2) is 0 Å². The highest BCUT2D eigenvalue weighted by Gasteiger charge is 2.31. The second-order valence-corrected chi connectivity index (χ2v) is 5.35. The molecule has 0 bridgehead atoms. The molecule has 0 saturated carbocycles. The van der Waals surface area contributed by atoms with Crippen molar-refractivity contribution < 1.29 is 23.1 Å². The molecule has 0 aromatic carbocycles. The van der Waals surface area contributed by atoms with E-state index in [4.69, 9.17) is 5.11 Å². The Kier molecular flexibility index (Phi) is 5.10. The maximum atomic E-state index is 12.7. The lowest BCUT2D eigenvalue weighted by Crippen LogP contribution is -2.35. The summed E-state index contributed by atoms with van der Waals surface area (Å²) in [6.07, 6.45) is -1.83. The van der Waals surface area contributed by atoms with Gasteiger partial charge < -0.3 is 15.3 Å². The van der Waals surface area contributed by atoms with Gasteiger partial charge in [-0.15, -0.1) is 0 Å². The van der Waals surface area contributed by atoms with Crippen molar-refractivity contribution in [1.29, 1.82) is 0 Å². The highest BCUT2D eigenvalue weighted by atomic mass is 19.4. The van der Waals surface area contributed by atoms with Crippen molar-refractivity contribution in [3.05, 3.63) is 23.9 Å². The van der Waals surface area contributed by atoms with Crippen LogP contribution < -0.4 is 10.2 Å². The number of hydrogen-bond donors (Lipinski definition) is 2. The predicted molar refractivity (Wildman–Crippen MR) is 74.8 cm³/mol. The quantitative estimate of drug-likeness (QED) is 0.896. The lowest BCUT2D eigenvalue weighted by atomic mass is 9.93. The maximum Gasteiger partial charge on any atom is 0.416 e. The summed E-state index contributed by atoms with van der Waals surface area (Å²) in [7, 11) is 0. The van der Waals surface area contributed by atoms with Crippen LogP contribution in [0.5, 0.6) is 0 Å². The molecule has 0 atom stereocenters. The number of carbonyl (C=O) groups is 1. The van der Waals surface area contributed by atoms with Gasteiger partial charge in [0.2, 0.25) is 0 Å². The number of carboxylic acid groups (broad SMARTS) is 1. The molecule has 0 unspecified atom stereocenters. The van der Waals surface area contributed by atoms with Crippen LogP contribution in [0.25, 0.3) is 0 Å². The lowest BCUT2D eigenvalue weighted by Gasteiger charge is -2.33. The molecule has 5 nitrogen and oxygen atoms in total. The highest BCUT2D eigenvalue weighted by molar-refractivity contribution is 5.64. The zero-order valence-electron chi connectivity index (χ0n) is 11.9. The standard InChI is InChI=1S/C14H18F3N3O2/c15-14(16,17)11-2-6-18-12(9-11)20-7-3-10(4-8-20)1-5-19-13(21)22/h2,6,9-10,19H,1,3-5,7-8H2,(H,21,22). The Labute approximate surface area is 126 Å². The van der Waals surface area contributed by atoms with Gasteiger partial charge in [-0.25, -0.2) is 9.78 Å². The van der Waals surface area contributed by atoms with Crippen LogP contribution in [0.3, 0.4) is 0 Å². The Morgan fingerprint density at radius 1 is 1.41 bits per heavy atom. The second-order valence-electron chi connectivity index (χ2n) is 5.35. The van der Waals surface area contributed by atoms with Gasteiger partial charge in [-0.2, -0.15) is 13.2 Å². The van der Waals surface area contributed by atoms with Crippen LogP contribution in [0, 0.1) is 5.92 Å². The molecule has 0 spiro atoms. The zero-order chi connectivity index (χ0) is 16.2. The molecule has 1 amide bonds. The molecule has 2 N–H and O–H groups in total. The third-order valence-electron chi connectivity index (χ3n) is 3.84. The van der Waals surface area contributed by atoms with Gasteiger partial charge in [0.1, 0.15) is 5.82 Å². The third kappa shape index (κ3) is 4.51. The van der Waals surface area contributed by atoms with E-state index in [-0.39, 0.29) is 0 Å². The van der Waals surface area contributed by atoms with E-state index >= 15 is 0 Å². The zero-order valence-corrected chi connectivity index (χ0v) is 11.9. The van der Waals surface area contributed by atoms with Crippen molar-refractivity contribution in [2.75, 3.05) is 24.5 Å². The van der Waals surface area contributed by atoms with Crippen LogP contribution in [0.2, 0.25) is 0 Å². The average molecular weight is 317 g/mol. The first-order valence-electron chi connectivity index (χ1n) is 7.11. The largest absolute Gasteiger partial charge is 0.465 e. The summed E-state index contributed by atoms with van der Waals surface area (Å²) >= 11 is 0. The first-order chi connectivity index (χ1) is 10.4. The minimum Gasteiger partial charge on any atom is -0.465 e. The Morgan fingerprint density at radius 3 is 2.68 bits per heavy atom. The number of piperidine rings is 1. The van der Waals surface area contributed by atoms with Crippen molar-refractivity contribution in [2.45, 2.75) is 25.4 Å². The molecule has 0 aliphatic carbocycles. The molecule has 1 fully saturated rings. The van der Waals surface area contributed by atoms with E-state index < -0.39 is 17.8 Å². The van der Waals surface area contributed by atoms with E-state index in [9.17, 15) is 18.0 Å². The molecule has 1 aromatic rings. The topological polar surface area (TPSA) is 65.5 Å². The number of nitrogens with one attached hydrogen (secondary N) is 1. The molecule has 22 heavy (non-hydrogen) atoms. The molecule has 8 heteroatoms. The van der Waals surface area contributed by atoms with Crippen LogP contribution in [-0.4, -0.2) is 35.8 Å². The molecule has 2 heterocycles. The Hall–Kier alpha value is -1.99. The van der Waals surface area contributed by atoms with Gasteiger partial charge in [0.05, 0.1) is 5.56 Å². The first-order valence-corrected chi connectivity index (χ1v) is 7.11. The molecule has 122 valence electrons. The number of nitrogens with zero attached hydrogens (tertiary/aromatic N) is 2. The number of amides is 1. The van der Waals surface area contributed by atoms with Crippen molar-refractivity contribution in [3.8, 4) is 0 Å². The predicted octanol–water partition coefficient (Wildman–Crippen LogP) is 2.97. The fourth-order valence-electron chi connectivity index (χ4n) is 2.60. The van der Waals surface area contributed by atoms with E-state index in [1.807, 2.05) is 4.90 Å². The fraction of sp³-hybridized carbons (Fsp3) is 0.571. The van der Waals surface area contributed by atoms with E-state index in [1.165, 1.54) is 6.20 Å². The number of aromatic nitrogens is 1. The van der Waals surface area contributed by atoms with Crippen molar-refractivity contribution in [1.82, 2.24) is 10.3 Å². The molecular formula is C14H18F3N3O2. The Morgan fingerprint density at radius 2 is 2.09 bits per heavy atom. The summed E-state index contributed by atoms with van der Waals surface area (Å²) in [5, 5.41) is 10.8. The monoisotopic (exact) mass is 317 g/mol. The molecule has 2 rings (SSSR count). The minimum atomic E-state index is -4.36. The average Bonchev–Trinajstić information content (AvgIpc) is 2.47. The molecule has 1 saturated heterocycles. The van der Waals surface area contributed by atoms with Gasteiger partial charge in [0, 0.05) is 25.8 Å². The van der Waals surface area contributed by atoms with Crippen LogP contribution in [0.1, 0.15) is 24.8 Å². The molecule has 0 radical (unpaired) electrons. The summed E-state index contributed by atoms with van der Waals surface area (Å²) in [6.45, 7) is 1.67. The second kappa shape index (κ2) is 6.85. The van der Waals surface area contributed by atoms with E-state index in [1.54, 1.807) is 0 Å². The number of hydrogen-bond acceptors (Lipinski definition) is 3. The molecule has 1 aliphatic rings. The van der Waals surface area contributed by atoms with Crippen LogP contribution in [-0.2, 0) is 6.18 Å². The molecule has 1 aliphatic heterocycles. The number of halogens is 3. The minimum absolute atomic E-state index is 0.344. The normalized spacial score (nSPS) is 16.6. The highest BCUT2D eigenvalue weighted by Crippen LogP contribution is 2.31. The van der Waals surface area contributed by atoms with Crippen LogP contribution in [0.4, 0.5) is 23.8 Å². The summed E-state index contributed by atoms with van der Waals surface area (Å²) in [6, 6.07) is 2.04. The van der Waals surface area contributed by atoms with Gasteiger partial charge >= 0.3 is 12.3 Å². The van der Waals surface area contributed by atoms with Gasteiger partial charge in [-0.3, -0.25) is 0 Å². The summed E-state index contributed by atoms with van der Waals surface area (Å²) in [5.41, 5.74) is -0.690. The third-order valence-corrected chi connectivity index (χ3v) is 3.84. The Balaban J connectivity index is 1.88. The van der Waals surface area contributed by atoms with Crippen LogP contribution in [0.15, 0.2) is 18.3 Å². The van der Waals surface area contributed by atoms with Gasteiger partial charge in [-0.05, 0) is 37.3 Å². The van der Waals surface area contributed by atoms with E-state index in [2.05, 4.69) is 10.3 Å². The van der Waals surface area contributed by atoms with Crippen molar-refractivity contribution >= 4 is 11.9 Å². The summed E-state index contributed by atoms with van der Waals surface area (Å²) < 4.78 is 38.1. The number of alkyl halides is 3. The Bertz CT molecular complexity index is 514. The van der Waals surface area contributed by atoms with Gasteiger partial charge in [0.25, 0.3) is 0 Å². The SMILES string of the molecule is O=C(O)NCCC1CCN(c2cc(C(F)(F)F)ccn2)CC1. The smallest absolute Gasteiger partial charge is 0.416 e. The summed E-state index contributed by atoms with van der Waals surface area (Å²) in [4.78, 5) is 16.2. The van der Waals surface area contributed by atoms with Gasteiger partial charge in [-0.1, -0.05) is 0 Å². The van der Waals surface area contributed by atoms with Crippen LogP contribution >= 0.6 is 0 Å². The maximum absolute atomic E-state index is 12.7. The lowest BCUT2D eigenvalue weighted by molar-refractivity contribution is -0.137. The van der Waals surface area contributed by atoms with Crippen molar-refractivity contribution in [2.24, 2.45) is 5.92 Å². The molecule has 1 aromatic heterocycles. The fourth-order valence-corrected chi connectivity index (χ4v) is 2.60.